The standard InChI is InChI=1S/C28H37BrN2O3S/c1-2-3-4-8-18-34-26-16-11-22(20-25(26)29)27(32)31-28(35)30-23-12-14-24(15-13-23)33-19-17-21-9-6-5-7-10-21/h11-16,20-21H,2-10,17-19H2,1H3,(H2,30,31,32,35). The monoisotopic (exact) mass is 560 g/mol. The number of nitrogens with one attached hydrogen (secondary N) is 2. The van der Waals surface area contributed by atoms with Crippen LogP contribution in [0.1, 0.15) is 81.5 Å². The number of carbonyl (C=O) groups is 1. The fourth-order valence-corrected chi connectivity index (χ4v) is 4.97. The quantitative estimate of drug-likeness (QED) is 0.204. The van der Waals surface area contributed by atoms with Crippen LogP contribution in [-0.2, 0) is 0 Å². The largest absolute Gasteiger partial charge is 0.494 e. The Balaban J connectivity index is 1.40. The number of hydrogen-bond donors (Lipinski definition) is 2. The summed E-state index contributed by atoms with van der Waals surface area (Å²) in [4.78, 5) is 12.6. The molecule has 1 aliphatic carbocycles. The van der Waals surface area contributed by atoms with E-state index in [1.54, 1.807) is 12.1 Å². The lowest BCUT2D eigenvalue weighted by atomic mass is 9.87. The molecule has 2 aromatic carbocycles. The molecule has 0 saturated heterocycles. The number of anilines is 1. The van der Waals surface area contributed by atoms with Crippen molar-refractivity contribution in [3.8, 4) is 11.5 Å². The molecule has 190 valence electrons. The predicted octanol–water partition coefficient (Wildman–Crippen LogP) is 7.88. The average Bonchev–Trinajstić information content (AvgIpc) is 2.86. The number of halogens is 1. The Bertz CT molecular complexity index is 946. The van der Waals surface area contributed by atoms with E-state index in [2.05, 4.69) is 33.5 Å². The number of amides is 1. The Kier molecular flexibility index (Phi) is 11.8. The van der Waals surface area contributed by atoms with Gasteiger partial charge in [-0.25, -0.2) is 0 Å². The summed E-state index contributed by atoms with van der Waals surface area (Å²) in [6, 6.07) is 12.9. The van der Waals surface area contributed by atoms with E-state index in [4.69, 9.17) is 21.7 Å². The lowest BCUT2D eigenvalue weighted by Gasteiger charge is -2.21. The zero-order valence-electron chi connectivity index (χ0n) is 20.6. The molecule has 1 amide bonds. The van der Waals surface area contributed by atoms with Crippen LogP contribution in [0.4, 0.5) is 5.69 Å². The summed E-state index contributed by atoms with van der Waals surface area (Å²) in [6.07, 6.45) is 12.5. The molecular weight excluding hydrogens is 524 g/mol. The zero-order chi connectivity index (χ0) is 24.9. The number of ether oxygens (including phenoxy) is 2. The highest BCUT2D eigenvalue weighted by atomic mass is 79.9. The van der Waals surface area contributed by atoms with Crippen LogP contribution in [0.3, 0.4) is 0 Å². The minimum Gasteiger partial charge on any atom is -0.494 e. The van der Waals surface area contributed by atoms with Gasteiger partial charge in [0.2, 0.25) is 0 Å². The van der Waals surface area contributed by atoms with E-state index in [1.165, 1.54) is 44.9 Å². The number of unbranched alkanes of at least 4 members (excludes halogenated alkanes) is 3. The molecule has 7 heteroatoms. The molecule has 0 bridgehead atoms. The Morgan fingerprint density at radius 3 is 2.49 bits per heavy atom. The molecule has 2 N–H and O–H groups in total. The fourth-order valence-electron chi connectivity index (χ4n) is 4.26. The normalized spacial score (nSPS) is 13.8. The van der Waals surface area contributed by atoms with Gasteiger partial charge in [-0.05, 0) is 89.4 Å². The highest BCUT2D eigenvalue weighted by Gasteiger charge is 2.13. The maximum absolute atomic E-state index is 12.6. The number of rotatable bonds is 12. The molecule has 5 nitrogen and oxygen atoms in total. The first-order valence-electron chi connectivity index (χ1n) is 12.8. The van der Waals surface area contributed by atoms with Gasteiger partial charge in [0.1, 0.15) is 11.5 Å². The van der Waals surface area contributed by atoms with Crippen LogP contribution >= 0.6 is 28.1 Å². The summed E-state index contributed by atoms with van der Waals surface area (Å²) in [5.41, 5.74) is 1.30. The van der Waals surface area contributed by atoms with Gasteiger partial charge in [0.25, 0.3) is 5.91 Å². The SMILES string of the molecule is CCCCCCOc1ccc(C(=O)NC(=S)Nc2ccc(OCCC3CCCCC3)cc2)cc1Br. The van der Waals surface area contributed by atoms with Gasteiger partial charge in [0.05, 0.1) is 17.7 Å². The summed E-state index contributed by atoms with van der Waals surface area (Å²) in [7, 11) is 0. The molecule has 3 rings (SSSR count). The van der Waals surface area contributed by atoms with Gasteiger partial charge >= 0.3 is 0 Å². The van der Waals surface area contributed by atoms with Crippen LogP contribution in [0.5, 0.6) is 11.5 Å². The van der Waals surface area contributed by atoms with E-state index in [0.29, 0.717) is 12.2 Å². The van der Waals surface area contributed by atoms with Gasteiger partial charge in [0.15, 0.2) is 5.11 Å². The van der Waals surface area contributed by atoms with Gasteiger partial charge in [-0.3, -0.25) is 10.1 Å². The lowest BCUT2D eigenvalue weighted by molar-refractivity contribution is 0.0977. The Hall–Kier alpha value is -2.12. The van der Waals surface area contributed by atoms with E-state index in [9.17, 15) is 4.79 Å². The number of hydrogen-bond acceptors (Lipinski definition) is 4. The second kappa shape index (κ2) is 15.1. The van der Waals surface area contributed by atoms with Gasteiger partial charge in [0, 0.05) is 11.3 Å². The molecule has 0 aliphatic heterocycles. The van der Waals surface area contributed by atoms with Crippen LogP contribution in [0.25, 0.3) is 0 Å². The van der Waals surface area contributed by atoms with Crippen molar-refractivity contribution < 1.29 is 14.3 Å². The van der Waals surface area contributed by atoms with E-state index < -0.39 is 0 Å². The van der Waals surface area contributed by atoms with Crippen molar-refractivity contribution in [1.29, 1.82) is 0 Å². The Morgan fingerprint density at radius 2 is 1.77 bits per heavy atom. The third kappa shape index (κ3) is 9.80. The first kappa shape index (κ1) is 27.5. The van der Waals surface area contributed by atoms with Gasteiger partial charge in [-0.15, -0.1) is 0 Å². The summed E-state index contributed by atoms with van der Waals surface area (Å²) in [5.74, 6) is 2.12. The van der Waals surface area contributed by atoms with Crippen molar-refractivity contribution in [2.45, 2.75) is 71.1 Å². The van der Waals surface area contributed by atoms with Crippen molar-refractivity contribution in [1.82, 2.24) is 5.32 Å². The van der Waals surface area contributed by atoms with Crippen LogP contribution in [0.2, 0.25) is 0 Å². The predicted molar refractivity (Wildman–Crippen MR) is 151 cm³/mol. The average molecular weight is 562 g/mol. The summed E-state index contributed by atoms with van der Waals surface area (Å²) >= 11 is 8.83. The van der Waals surface area contributed by atoms with Gasteiger partial charge in [-0.1, -0.05) is 58.3 Å². The third-order valence-corrected chi connectivity index (χ3v) is 7.13. The highest BCUT2D eigenvalue weighted by molar-refractivity contribution is 9.10. The Labute approximate surface area is 223 Å². The molecule has 0 radical (unpaired) electrons. The second-order valence-electron chi connectivity index (χ2n) is 9.13. The molecule has 1 fully saturated rings. The minimum atomic E-state index is -0.277. The van der Waals surface area contributed by atoms with E-state index in [1.807, 2.05) is 30.3 Å². The molecule has 0 spiro atoms. The van der Waals surface area contributed by atoms with Crippen LogP contribution < -0.4 is 20.1 Å². The Morgan fingerprint density at radius 1 is 1.00 bits per heavy atom. The summed E-state index contributed by atoms with van der Waals surface area (Å²) in [6.45, 7) is 3.61. The number of benzene rings is 2. The van der Waals surface area contributed by atoms with Gasteiger partial charge < -0.3 is 14.8 Å². The molecular formula is C28H37BrN2O3S. The molecule has 0 heterocycles. The molecule has 0 unspecified atom stereocenters. The summed E-state index contributed by atoms with van der Waals surface area (Å²) < 4.78 is 12.5. The van der Waals surface area contributed by atoms with Crippen molar-refractivity contribution in [3.05, 3.63) is 52.5 Å². The van der Waals surface area contributed by atoms with E-state index >= 15 is 0 Å². The maximum atomic E-state index is 12.6. The first-order valence-corrected chi connectivity index (χ1v) is 14.0. The molecule has 0 atom stereocenters. The lowest BCUT2D eigenvalue weighted by Crippen LogP contribution is -2.34. The van der Waals surface area contributed by atoms with Gasteiger partial charge in [-0.2, -0.15) is 0 Å². The summed E-state index contributed by atoms with van der Waals surface area (Å²) in [5, 5.41) is 6.03. The van der Waals surface area contributed by atoms with Crippen molar-refractivity contribution in [3.63, 3.8) is 0 Å². The smallest absolute Gasteiger partial charge is 0.257 e. The molecule has 1 saturated carbocycles. The van der Waals surface area contributed by atoms with Crippen molar-refractivity contribution >= 4 is 44.9 Å². The number of carbonyl (C=O) groups excluding carboxylic acids is 1. The topological polar surface area (TPSA) is 59.6 Å². The fraction of sp³-hybridized carbons (Fsp3) is 0.500. The molecule has 1 aliphatic rings. The molecule has 35 heavy (non-hydrogen) atoms. The van der Waals surface area contributed by atoms with Crippen LogP contribution in [-0.4, -0.2) is 24.2 Å². The number of thiocarbonyl (C=S) groups is 1. The van der Waals surface area contributed by atoms with E-state index in [-0.39, 0.29) is 11.0 Å². The third-order valence-electron chi connectivity index (χ3n) is 6.31. The van der Waals surface area contributed by atoms with E-state index in [0.717, 1.165) is 53.4 Å². The zero-order valence-corrected chi connectivity index (χ0v) is 23.0. The minimum absolute atomic E-state index is 0.244. The van der Waals surface area contributed by atoms with Crippen LogP contribution in [0.15, 0.2) is 46.9 Å². The molecule has 0 aromatic heterocycles. The molecule has 2 aromatic rings. The second-order valence-corrected chi connectivity index (χ2v) is 10.4. The van der Waals surface area contributed by atoms with Crippen molar-refractivity contribution in [2.75, 3.05) is 18.5 Å². The first-order chi connectivity index (χ1) is 17.0. The van der Waals surface area contributed by atoms with Crippen LogP contribution in [0, 0.1) is 5.92 Å². The maximum Gasteiger partial charge on any atom is 0.257 e. The highest BCUT2D eigenvalue weighted by Crippen LogP contribution is 2.27. The van der Waals surface area contributed by atoms with Crippen molar-refractivity contribution in [2.24, 2.45) is 5.92 Å².